The van der Waals surface area contributed by atoms with Crippen LogP contribution in [0.1, 0.15) is 58.3 Å². The summed E-state index contributed by atoms with van der Waals surface area (Å²) in [6.07, 6.45) is 8.00. The lowest BCUT2D eigenvalue weighted by atomic mass is 9.74. The van der Waals surface area contributed by atoms with Crippen molar-refractivity contribution in [3.63, 3.8) is 0 Å². The predicted molar refractivity (Wildman–Crippen MR) is 143 cm³/mol. The van der Waals surface area contributed by atoms with Crippen molar-refractivity contribution in [3.8, 4) is 0 Å². The molecule has 1 aromatic heterocycles. The normalized spacial score (nSPS) is 17.2. The van der Waals surface area contributed by atoms with Gasteiger partial charge in [-0.1, -0.05) is 78.9 Å². The molecule has 4 aromatic rings. The Morgan fingerprint density at radius 3 is 2.00 bits per heavy atom. The van der Waals surface area contributed by atoms with E-state index < -0.39 is 0 Å². The minimum atomic E-state index is -0.372. The quantitative estimate of drug-likeness (QED) is 0.366. The number of nitrogens with zero attached hydrogens (tertiary/aromatic N) is 3. The number of piperidine rings is 1. The molecule has 0 bridgehead atoms. The fourth-order valence-corrected chi connectivity index (χ4v) is 6.36. The third kappa shape index (κ3) is 4.26. The molecule has 3 aromatic carbocycles. The molecule has 1 fully saturated rings. The van der Waals surface area contributed by atoms with Gasteiger partial charge in [0.2, 0.25) is 5.91 Å². The summed E-state index contributed by atoms with van der Waals surface area (Å²) >= 11 is 0. The first-order valence-electron chi connectivity index (χ1n) is 13.2. The third-order valence-corrected chi connectivity index (χ3v) is 8.14. The van der Waals surface area contributed by atoms with E-state index in [9.17, 15) is 4.79 Å². The number of fused-ring (bicyclic) bond motifs is 2. The highest BCUT2D eigenvalue weighted by molar-refractivity contribution is 5.83. The Morgan fingerprint density at radius 1 is 0.833 bits per heavy atom. The summed E-state index contributed by atoms with van der Waals surface area (Å²) in [5.74, 6) is 1.09. The maximum Gasteiger partial charge on any atom is 0.250 e. The molecule has 6 rings (SSSR count). The summed E-state index contributed by atoms with van der Waals surface area (Å²) in [5, 5.41) is 0. The van der Waals surface area contributed by atoms with Gasteiger partial charge in [0.25, 0.3) is 0 Å². The summed E-state index contributed by atoms with van der Waals surface area (Å²) < 4.78 is 1.97. The van der Waals surface area contributed by atoms with Crippen LogP contribution in [0.15, 0.2) is 91.4 Å². The standard InChI is InChI=1S/C32H33N3O/c1-23-21-35(22-33-23)31(27-11-3-2-4-12-27)32(36)34-19-17-26(18-20-34)30-28-13-7-5-9-24(28)15-16-25-10-6-8-14-29(25)30/h2-14,21-22,26,30-31H,15-20H2,1H3. The largest absolute Gasteiger partial charge is 0.341 e. The van der Waals surface area contributed by atoms with Gasteiger partial charge in [-0.2, -0.15) is 0 Å². The fourth-order valence-electron chi connectivity index (χ4n) is 6.36. The second-order valence-corrected chi connectivity index (χ2v) is 10.3. The summed E-state index contributed by atoms with van der Waals surface area (Å²) in [7, 11) is 0. The van der Waals surface area contributed by atoms with Gasteiger partial charge < -0.3 is 9.47 Å². The monoisotopic (exact) mass is 475 g/mol. The van der Waals surface area contributed by atoms with Crippen LogP contribution in [-0.4, -0.2) is 33.4 Å². The summed E-state index contributed by atoms with van der Waals surface area (Å²) in [6.45, 7) is 3.56. The smallest absolute Gasteiger partial charge is 0.250 e. The van der Waals surface area contributed by atoms with Gasteiger partial charge in [-0.3, -0.25) is 4.79 Å². The highest BCUT2D eigenvalue weighted by atomic mass is 16.2. The lowest BCUT2D eigenvalue weighted by molar-refractivity contribution is -0.135. The van der Waals surface area contributed by atoms with E-state index in [4.69, 9.17) is 0 Å². The van der Waals surface area contributed by atoms with Crippen LogP contribution >= 0.6 is 0 Å². The average Bonchev–Trinajstić information content (AvgIpc) is 3.27. The van der Waals surface area contributed by atoms with Crippen LogP contribution in [0.25, 0.3) is 0 Å². The molecule has 1 aliphatic heterocycles. The molecule has 36 heavy (non-hydrogen) atoms. The van der Waals surface area contributed by atoms with Gasteiger partial charge in [0.15, 0.2) is 0 Å². The number of aryl methyl sites for hydroxylation is 3. The van der Waals surface area contributed by atoms with Crippen LogP contribution in [0, 0.1) is 12.8 Å². The van der Waals surface area contributed by atoms with E-state index in [0.29, 0.717) is 11.8 Å². The Bertz CT molecular complexity index is 1300. The van der Waals surface area contributed by atoms with Crippen molar-refractivity contribution in [2.45, 2.75) is 44.6 Å². The Kier molecular flexibility index (Phi) is 6.18. The number of carbonyl (C=O) groups excluding carboxylic acids is 1. The molecule has 0 spiro atoms. The van der Waals surface area contributed by atoms with Crippen molar-refractivity contribution in [1.29, 1.82) is 0 Å². The van der Waals surface area contributed by atoms with Crippen LogP contribution in [-0.2, 0) is 17.6 Å². The second-order valence-electron chi connectivity index (χ2n) is 10.3. The van der Waals surface area contributed by atoms with Gasteiger partial charge in [0, 0.05) is 25.2 Å². The maximum atomic E-state index is 13.9. The predicted octanol–water partition coefficient (Wildman–Crippen LogP) is 5.95. The van der Waals surface area contributed by atoms with Crippen molar-refractivity contribution < 1.29 is 4.79 Å². The zero-order valence-electron chi connectivity index (χ0n) is 20.9. The molecule has 182 valence electrons. The van der Waals surface area contributed by atoms with Crippen LogP contribution in [0.4, 0.5) is 0 Å². The van der Waals surface area contributed by atoms with Crippen LogP contribution in [0.3, 0.4) is 0 Å². The molecular weight excluding hydrogens is 442 g/mol. The van der Waals surface area contributed by atoms with Crippen LogP contribution in [0.2, 0.25) is 0 Å². The summed E-state index contributed by atoms with van der Waals surface area (Å²) in [5.41, 5.74) is 7.88. The van der Waals surface area contributed by atoms with E-state index in [0.717, 1.165) is 50.0 Å². The van der Waals surface area contributed by atoms with E-state index in [1.807, 2.05) is 48.0 Å². The van der Waals surface area contributed by atoms with E-state index in [2.05, 4.69) is 58.4 Å². The van der Waals surface area contributed by atoms with Crippen molar-refractivity contribution in [2.75, 3.05) is 13.1 Å². The Hall–Kier alpha value is -3.66. The van der Waals surface area contributed by atoms with Gasteiger partial charge in [-0.15, -0.1) is 0 Å². The van der Waals surface area contributed by atoms with E-state index in [1.54, 1.807) is 6.33 Å². The molecular formula is C32H33N3O. The molecule has 4 heteroatoms. The SMILES string of the molecule is Cc1cn(C(C(=O)N2CCC(C3c4ccccc4CCc4ccccc43)CC2)c2ccccc2)cn1. The van der Waals surface area contributed by atoms with E-state index in [1.165, 1.54) is 22.3 Å². The Morgan fingerprint density at radius 2 is 1.42 bits per heavy atom. The number of hydrogen-bond donors (Lipinski definition) is 0. The highest BCUT2D eigenvalue weighted by Crippen LogP contribution is 2.43. The molecule has 2 heterocycles. The van der Waals surface area contributed by atoms with Gasteiger partial charge in [0.05, 0.1) is 12.0 Å². The number of likely N-dealkylation sites (tertiary alicyclic amines) is 1. The molecule has 1 atom stereocenters. The number of carbonyl (C=O) groups is 1. The zero-order valence-corrected chi connectivity index (χ0v) is 20.9. The minimum Gasteiger partial charge on any atom is -0.341 e. The minimum absolute atomic E-state index is 0.165. The topological polar surface area (TPSA) is 38.1 Å². The van der Waals surface area contributed by atoms with Gasteiger partial charge in [-0.25, -0.2) is 4.98 Å². The Labute approximate surface area is 213 Å². The van der Waals surface area contributed by atoms with E-state index >= 15 is 0 Å². The average molecular weight is 476 g/mol. The lowest BCUT2D eigenvalue weighted by Crippen LogP contribution is -2.43. The molecule has 0 radical (unpaired) electrons. The van der Waals surface area contributed by atoms with Gasteiger partial charge in [0.1, 0.15) is 6.04 Å². The first-order chi connectivity index (χ1) is 17.7. The maximum absolute atomic E-state index is 13.9. The molecule has 1 saturated heterocycles. The number of benzene rings is 3. The first kappa shape index (κ1) is 22.8. The number of hydrogen-bond acceptors (Lipinski definition) is 2. The van der Waals surface area contributed by atoms with E-state index in [-0.39, 0.29) is 11.9 Å². The molecule has 1 unspecified atom stereocenters. The Balaban J connectivity index is 1.26. The zero-order chi connectivity index (χ0) is 24.5. The number of imidazole rings is 1. The van der Waals surface area contributed by atoms with Gasteiger partial charge in [-0.05, 0) is 66.3 Å². The summed E-state index contributed by atoms with van der Waals surface area (Å²) in [4.78, 5) is 20.4. The molecule has 1 aliphatic carbocycles. The van der Waals surface area contributed by atoms with Crippen molar-refractivity contribution in [1.82, 2.24) is 14.5 Å². The van der Waals surface area contributed by atoms with Crippen LogP contribution in [0.5, 0.6) is 0 Å². The number of amides is 1. The fraction of sp³-hybridized carbons (Fsp3) is 0.312. The second kappa shape index (κ2) is 9.77. The third-order valence-electron chi connectivity index (χ3n) is 8.14. The summed E-state index contributed by atoms with van der Waals surface area (Å²) in [6, 6.07) is 27.8. The molecule has 1 amide bonds. The van der Waals surface area contributed by atoms with Crippen molar-refractivity contribution >= 4 is 5.91 Å². The number of aromatic nitrogens is 2. The number of rotatable bonds is 4. The van der Waals surface area contributed by atoms with Crippen LogP contribution < -0.4 is 0 Å². The first-order valence-corrected chi connectivity index (χ1v) is 13.2. The van der Waals surface area contributed by atoms with Crippen molar-refractivity contribution in [2.24, 2.45) is 5.92 Å². The highest BCUT2D eigenvalue weighted by Gasteiger charge is 2.35. The molecule has 4 nitrogen and oxygen atoms in total. The molecule has 2 aliphatic rings. The van der Waals surface area contributed by atoms with Gasteiger partial charge >= 0.3 is 0 Å². The van der Waals surface area contributed by atoms with Crippen molar-refractivity contribution in [3.05, 3.63) is 125 Å². The molecule has 0 N–H and O–H groups in total. The molecule has 0 saturated carbocycles. The lowest BCUT2D eigenvalue weighted by Gasteiger charge is -2.38.